The summed E-state index contributed by atoms with van der Waals surface area (Å²) in [6.07, 6.45) is -0.532. The van der Waals surface area contributed by atoms with Crippen molar-refractivity contribution in [3.05, 3.63) is 66.0 Å². The van der Waals surface area contributed by atoms with Crippen LogP contribution in [-0.4, -0.2) is 32.9 Å². The molecule has 0 unspecified atom stereocenters. The number of ether oxygens (including phenoxy) is 2. The van der Waals surface area contributed by atoms with Crippen molar-refractivity contribution in [3.63, 3.8) is 0 Å². The zero-order valence-corrected chi connectivity index (χ0v) is 14.3. The standard InChI is InChI=1S/C18H19N5O3/c1-2-25-16-10-8-15(9-11-16)23-17(20-21-22-23)12-19-18(24)26-13-14-6-4-3-5-7-14/h3-11H,2,12-13H2,1H3,(H,19,24). The van der Waals surface area contributed by atoms with Crippen LogP contribution in [0.2, 0.25) is 0 Å². The number of hydrogen-bond donors (Lipinski definition) is 1. The molecule has 0 saturated heterocycles. The van der Waals surface area contributed by atoms with Crippen LogP contribution in [0.5, 0.6) is 5.75 Å². The first-order valence-corrected chi connectivity index (χ1v) is 8.21. The average molecular weight is 353 g/mol. The Labute approximate surface area is 150 Å². The number of alkyl carbamates (subject to hydrolysis) is 1. The third kappa shape index (κ3) is 4.56. The van der Waals surface area contributed by atoms with E-state index in [0.717, 1.165) is 17.0 Å². The number of carbonyl (C=O) groups excluding carboxylic acids is 1. The molecule has 1 aromatic heterocycles. The molecule has 8 nitrogen and oxygen atoms in total. The third-order valence-electron chi connectivity index (χ3n) is 3.53. The lowest BCUT2D eigenvalue weighted by atomic mass is 10.2. The largest absolute Gasteiger partial charge is 0.494 e. The molecule has 134 valence electrons. The summed E-state index contributed by atoms with van der Waals surface area (Å²) in [5.74, 6) is 1.26. The van der Waals surface area contributed by atoms with Crippen LogP contribution in [-0.2, 0) is 17.9 Å². The van der Waals surface area contributed by atoms with E-state index in [-0.39, 0.29) is 13.2 Å². The fourth-order valence-electron chi connectivity index (χ4n) is 2.29. The SMILES string of the molecule is CCOc1ccc(-n2nnnc2CNC(=O)OCc2ccccc2)cc1. The second-order valence-corrected chi connectivity index (χ2v) is 5.35. The van der Waals surface area contributed by atoms with Crippen LogP contribution in [0.3, 0.4) is 0 Å². The first-order chi connectivity index (χ1) is 12.8. The summed E-state index contributed by atoms with van der Waals surface area (Å²) < 4.78 is 12.1. The van der Waals surface area contributed by atoms with Crippen molar-refractivity contribution >= 4 is 6.09 Å². The maximum absolute atomic E-state index is 11.8. The number of benzene rings is 2. The van der Waals surface area contributed by atoms with Gasteiger partial charge in [-0.1, -0.05) is 30.3 Å². The lowest BCUT2D eigenvalue weighted by Crippen LogP contribution is -2.25. The highest BCUT2D eigenvalue weighted by Gasteiger charge is 2.11. The summed E-state index contributed by atoms with van der Waals surface area (Å²) >= 11 is 0. The smallest absolute Gasteiger partial charge is 0.407 e. The topological polar surface area (TPSA) is 91.2 Å². The summed E-state index contributed by atoms with van der Waals surface area (Å²) in [6.45, 7) is 2.88. The maximum Gasteiger partial charge on any atom is 0.407 e. The molecular formula is C18H19N5O3. The van der Waals surface area contributed by atoms with Gasteiger partial charge in [0, 0.05) is 0 Å². The summed E-state index contributed by atoms with van der Waals surface area (Å²) in [5.41, 5.74) is 1.69. The van der Waals surface area contributed by atoms with E-state index in [2.05, 4.69) is 20.8 Å². The minimum atomic E-state index is -0.532. The normalized spacial score (nSPS) is 10.3. The Morgan fingerprint density at radius 2 is 1.88 bits per heavy atom. The molecule has 0 aliphatic carbocycles. The third-order valence-corrected chi connectivity index (χ3v) is 3.53. The highest BCUT2D eigenvalue weighted by Crippen LogP contribution is 2.15. The van der Waals surface area contributed by atoms with Gasteiger partial charge in [0.25, 0.3) is 0 Å². The zero-order chi connectivity index (χ0) is 18.2. The number of aromatic nitrogens is 4. The second kappa shape index (κ2) is 8.61. The fraction of sp³-hybridized carbons (Fsp3) is 0.222. The monoisotopic (exact) mass is 353 g/mol. The molecule has 0 atom stereocenters. The van der Waals surface area contributed by atoms with Crippen molar-refractivity contribution in [2.24, 2.45) is 0 Å². The molecule has 0 aliphatic heterocycles. The second-order valence-electron chi connectivity index (χ2n) is 5.35. The van der Waals surface area contributed by atoms with Crippen LogP contribution in [0.1, 0.15) is 18.3 Å². The Balaban J connectivity index is 1.56. The number of nitrogens with one attached hydrogen (secondary N) is 1. The van der Waals surface area contributed by atoms with Gasteiger partial charge in [-0.25, -0.2) is 4.79 Å². The predicted molar refractivity (Wildman–Crippen MR) is 93.8 cm³/mol. The molecule has 1 heterocycles. The molecule has 0 radical (unpaired) electrons. The number of rotatable bonds is 7. The summed E-state index contributed by atoms with van der Waals surface area (Å²) in [4.78, 5) is 11.8. The van der Waals surface area contributed by atoms with Gasteiger partial charge in [-0.2, -0.15) is 4.68 Å². The van der Waals surface area contributed by atoms with Crippen molar-refractivity contribution in [1.82, 2.24) is 25.5 Å². The summed E-state index contributed by atoms with van der Waals surface area (Å²) in [6, 6.07) is 16.8. The molecule has 8 heteroatoms. The van der Waals surface area contributed by atoms with E-state index in [1.807, 2.05) is 61.5 Å². The number of carbonyl (C=O) groups is 1. The molecule has 3 aromatic rings. The van der Waals surface area contributed by atoms with Crippen LogP contribution >= 0.6 is 0 Å². The van der Waals surface area contributed by atoms with Gasteiger partial charge in [-0.15, -0.1) is 5.10 Å². The van der Waals surface area contributed by atoms with Crippen LogP contribution in [0.15, 0.2) is 54.6 Å². The van der Waals surface area contributed by atoms with E-state index >= 15 is 0 Å². The molecule has 2 aromatic carbocycles. The Kier molecular flexibility index (Phi) is 5.76. The van der Waals surface area contributed by atoms with Crippen LogP contribution in [0, 0.1) is 0 Å². The summed E-state index contributed by atoms with van der Waals surface area (Å²) in [5, 5.41) is 14.2. The van der Waals surface area contributed by atoms with Gasteiger partial charge in [-0.05, 0) is 47.2 Å². The molecule has 26 heavy (non-hydrogen) atoms. The number of nitrogens with zero attached hydrogens (tertiary/aromatic N) is 4. The van der Waals surface area contributed by atoms with Crippen molar-refractivity contribution in [2.75, 3.05) is 6.61 Å². The van der Waals surface area contributed by atoms with E-state index in [4.69, 9.17) is 9.47 Å². The first kappa shape index (κ1) is 17.4. The van der Waals surface area contributed by atoms with Gasteiger partial charge in [-0.3, -0.25) is 0 Å². The minimum absolute atomic E-state index is 0.147. The highest BCUT2D eigenvalue weighted by atomic mass is 16.5. The molecule has 0 fully saturated rings. The lowest BCUT2D eigenvalue weighted by molar-refractivity contribution is 0.139. The molecule has 0 aliphatic rings. The van der Waals surface area contributed by atoms with Crippen LogP contribution in [0.4, 0.5) is 4.79 Å². The van der Waals surface area contributed by atoms with E-state index in [0.29, 0.717) is 12.4 Å². The van der Waals surface area contributed by atoms with E-state index in [1.54, 1.807) is 4.68 Å². The summed E-state index contributed by atoms with van der Waals surface area (Å²) in [7, 11) is 0. The zero-order valence-electron chi connectivity index (χ0n) is 14.3. The Bertz CT molecular complexity index is 834. The van der Waals surface area contributed by atoms with Crippen LogP contribution < -0.4 is 10.1 Å². The number of amides is 1. The van der Waals surface area contributed by atoms with Crippen molar-refractivity contribution < 1.29 is 14.3 Å². The van der Waals surface area contributed by atoms with Gasteiger partial charge < -0.3 is 14.8 Å². The minimum Gasteiger partial charge on any atom is -0.494 e. The van der Waals surface area contributed by atoms with Gasteiger partial charge in [0.1, 0.15) is 12.4 Å². The Morgan fingerprint density at radius 1 is 1.12 bits per heavy atom. The molecule has 0 bridgehead atoms. The van der Waals surface area contributed by atoms with Gasteiger partial charge in [0.2, 0.25) is 0 Å². The number of hydrogen-bond acceptors (Lipinski definition) is 6. The molecule has 1 N–H and O–H groups in total. The fourth-order valence-corrected chi connectivity index (χ4v) is 2.29. The van der Waals surface area contributed by atoms with Crippen molar-refractivity contribution in [1.29, 1.82) is 0 Å². The average Bonchev–Trinajstić information content (AvgIpc) is 3.15. The Morgan fingerprint density at radius 3 is 2.62 bits per heavy atom. The van der Waals surface area contributed by atoms with E-state index in [1.165, 1.54) is 0 Å². The van der Waals surface area contributed by atoms with Crippen LogP contribution in [0.25, 0.3) is 5.69 Å². The number of tetrazole rings is 1. The van der Waals surface area contributed by atoms with Crippen molar-refractivity contribution in [3.8, 4) is 11.4 Å². The molecule has 0 saturated carbocycles. The quantitative estimate of drug-likeness (QED) is 0.702. The van der Waals surface area contributed by atoms with Gasteiger partial charge >= 0.3 is 6.09 Å². The van der Waals surface area contributed by atoms with Crippen molar-refractivity contribution in [2.45, 2.75) is 20.1 Å². The maximum atomic E-state index is 11.8. The highest BCUT2D eigenvalue weighted by molar-refractivity contribution is 5.67. The molecule has 0 spiro atoms. The van der Waals surface area contributed by atoms with E-state index < -0.39 is 6.09 Å². The molecule has 1 amide bonds. The molecule has 3 rings (SSSR count). The lowest BCUT2D eigenvalue weighted by Gasteiger charge is -2.08. The predicted octanol–water partition coefficient (Wildman–Crippen LogP) is 2.49. The van der Waals surface area contributed by atoms with E-state index in [9.17, 15) is 4.79 Å². The molecular weight excluding hydrogens is 334 g/mol. The Hall–Kier alpha value is -3.42. The van der Waals surface area contributed by atoms with Gasteiger partial charge in [0.05, 0.1) is 18.8 Å². The van der Waals surface area contributed by atoms with Gasteiger partial charge in [0.15, 0.2) is 5.82 Å². The first-order valence-electron chi connectivity index (χ1n) is 8.21.